The lowest BCUT2D eigenvalue weighted by Crippen LogP contribution is -2.44. The van der Waals surface area contributed by atoms with Crippen molar-refractivity contribution in [1.29, 1.82) is 0 Å². The molecule has 1 aliphatic rings. The Kier molecular flexibility index (Phi) is 4.29. The largest absolute Gasteiger partial charge is 0.490 e. The summed E-state index contributed by atoms with van der Waals surface area (Å²) >= 11 is 0. The van der Waals surface area contributed by atoms with Gasteiger partial charge in [0.25, 0.3) is 0 Å². The van der Waals surface area contributed by atoms with E-state index in [9.17, 15) is 9.59 Å². The molecular weight excluding hydrogens is 262 g/mol. The minimum Gasteiger partial charge on any atom is -0.490 e. The summed E-state index contributed by atoms with van der Waals surface area (Å²) in [4.78, 5) is 22.5. The molecule has 2 rings (SSSR count). The van der Waals surface area contributed by atoms with Crippen LogP contribution in [-0.2, 0) is 4.79 Å². The van der Waals surface area contributed by atoms with E-state index in [0.29, 0.717) is 30.4 Å². The third kappa shape index (κ3) is 3.53. The fourth-order valence-corrected chi connectivity index (χ4v) is 1.77. The second-order valence-electron chi connectivity index (χ2n) is 4.43. The first-order valence-corrected chi connectivity index (χ1v) is 6.33. The molecule has 1 aromatic rings. The van der Waals surface area contributed by atoms with Gasteiger partial charge in [-0.05, 0) is 19.1 Å². The monoisotopic (exact) mass is 279 g/mol. The van der Waals surface area contributed by atoms with Gasteiger partial charge in [-0.25, -0.2) is 4.79 Å². The minimum absolute atomic E-state index is 0.363. The molecule has 0 fully saturated rings. The van der Waals surface area contributed by atoms with Crippen LogP contribution in [0.3, 0.4) is 0 Å². The fraction of sp³-hybridized carbons (Fsp3) is 0.385. The number of amides is 3. The normalized spacial score (nSPS) is 14.8. The molecule has 20 heavy (non-hydrogen) atoms. The van der Waals surface area contributed by atoms with Crippen molar-refractivity contribution in [1.82, 2.24) is 5.32 Å². The van der Waals surface area contributed by atoms with Crippen molar-refractivity contribution >= 4 is 17.6 Å². The van der Waals surface area contributed by atoms with Gasteiger partial charge in [-0.2, -0.15) is 0 Å². The van der Waals surface area contributed by atoms with E-state index >= 15 is 0 Å². The van der Waals surface area contributed by atoms with Gasteiger partial charge in [0, 0.05) is 18.2 Å². The Hall–Kier alpha value is -2.44. The topological polar surface area (TPSA) is 103 Å². The zero-order chi connectivity index (χ0) is 14.5. The number of carbonyl (C=O) groups excluding carboxylic acids is 2. The van der Waals surface area contributed by atoms with E-state index in [1.165, 1.54) is 0 Å². The predicted molar refractivity (Wildman–Crippen MR) is 72.9 cm³/mol. The number of rotatable bonds is 3. The van der Waals surface area contributed by atoms with E-state index in [-0.39, 0.29) is 5.91 Å². The van der Waals surface area contributed by atoms with Crippen LogP contribution in [0.5, 0.6) is 11.5 Å². The quantitative estimate of drug-likeness (QED) is 0.763. The van der Waals surface area contributed by atoms with Gasteiger partial charge in [0.1, 0.15) is 6.04 Å². The number of fused-ring (bicyclic) bond motifs is 1. The third-order valence-corrected chi connectivity index (χ3v) is 2.77. The summed E-state index contributed by atoms with van der Waals surface area (Å²) in [6, 6.07) is 3.68. The molecule has 4 N–H and O–H groups in total. The van der Waals surface area contributed by atoms with Crippen LogP contribution in [0, 0.1) is 0 Å². The fourth-order valence-electron chi connectivity index (χ4n) is 1.77. The number of hydrogen-bond donors (Lipinski definition) is 3. The van der Waals surface area contributed by atoms with Crippen LogP contribution in [0.15, 0.2) is 18.2 Å². The molecule has 1 heterocycles. The third-order valence-electron chi connectivity index (χ3n) is 2.77. The van der Waals surface area contributed by atoms with Crippen LogP contribution in [-0.4, -0.2) is 31.2 Å². The number of primary amides is 1. The van der Waals surface area contributed by atoms with Crippen LogP contribution in [0.25, 0.3) is 0 Å². The number of nitrogens with one attached hydrogen (secondary N) is 2. The van der Waals surface area contributed by atoms with E-state index in [1.54, 1.807) is 25.1 Å². The SMILES string of the molecule is CC(NC(N)=O)C(=O)Nc1ccc2c(c1)OCCCO2. The standard InChI is InChI=1S/C13H17N3O4/c1-8(15-13(14)18)12(17)16-9-3-4-10-11(7-9)20-6-2-5-19-10/h3-4,7-8H,2,5-6H2,1H3,(H,16,17)(H3,14,15,18). The number of nitrogens with two attached hydrogens (primary N) is 1. The highest BCUT2D eigenvalue weighted by molar-refractivity contribution is 5.96. The molecule has 0 bridgehead atoms. The Balaban J connectivity index is 2.04. The van der Waals surface area contributed by atoms with Crippen molar-refractivity contribution in [3.8, 4) is 11.5 Å². The highest BCUT2D eigenvalue weighted by Crippen LogP contribution is 2.32. The van der Waals surface area contributed by atoms with Gasteiger partial charge in [-0.3, -0.25) is 4.79 Å². The molecule has 0 aliphatic carbocycles. The first-order valence-electron chi connectivity index (χ1n) is 6.33. The maximum absolute atomic E-state index is 11.8. The Morgan fingerprint density at radius 3 is 2.65 bits per heavy atom. The average molecular weight is 279 g/mol. The van der Waals surface area contributed by atoms with Crippen molar-refractivity contribution < 1.29 is 19.1 Å². The summed E-state index contributed by atoms with van der Waals surface area (Å²) in [6.07, 6.45) is 0.815. The van der Waals surface area contributed by atoms with Gasteiger partial charge < -0.3 is 25.8 Å². The Bertz CT molecular complexity index is 518. The van der Waals surface area contributed by atoms with Crippen molar-refractivity contribution in [3.05, 3.63) is 18.2 Å². The molecule has 1 unspecified atom stereocenters. The second-order valence-corrected chi connectivity index (χ2v) is 4.43. The highest BCUT2D eigenvalue weighted by atomic mass is 16.5. The Morgan fingerprint density at radius 2 is 1.95 bits per heavy atom. The first kappa shape index (κ1) is 14.0. The number of urea groups is 1. The van der Waals surface area contributed by atoms with Crippen LogP contribution in [0.4, 0.5) is 10.5 Å². The van der Waals surface area contributed by atoms with Crippen LogP contribution in [0.1, 0.15) is 13.3 Å². The zero-order valence-electron chi connectivity index (χ0n) is 11.1. The van der Waals surface area contributed by atoms with Crippen LogP contribution < -0.4 is 25.8 Å². The van der Waals surface area contributed by atoms with Crippen molar-refractivity contribution in [2.45, 2.75) is 19.4 Å². The molecule has 7 nitrogen and oxygen atoms in total. The average Bonchev–Trinajstić information content (AvgIpc) is 2.62. The van der Waals surface area contributed by atoms with Crippen LogP contribution in [0.2, 0.25) is 0 Å². The molecule has 108 valence electrons. The van der Waals surface area contributed by atoms with Crippen LogP contribution >= 0.6 is 0 Å². The van der Waals surface area contributed by atoms with Gasteiger partial charge >= 0.3 is 6.03 Å². The summed E-state index contributed by atoms with van der Waals surface area (Å²) in [5, 5.41) is 4.98. The van der Waals surface area contributed by atoms with E-state index < -0.39 is 12.1 Å². The van der Waals surface area contributed by atoms with E-state index in [2.05, 4.69) is 10.6 Å². The molecule has 0 aromatic heterocycles. The van der Waals surface area contributed by atoms with E-state index in [1.807, 2.05) is 0 Å². The van der Waals surface area contributed by atoms with Gasteiger partial charge in [-0.1, -0.05) is 0 Å². The van der Waals surface area contributed by atoms with E-state index in [4.69, 9.17) is 15.2 Å². The molecular formula is C13H17N3O4. The first-order chi connectivity index (χ1) is 9.56. The number of anilines is 1. The van der Waals surface area contributed by atoms with Gasteiger partial charge in [0.15, 0.2) is 11.5 Å². The summed E-state index contributed by atoms with van der Waals surface area (Å²) in [5.41, 5.74) is 5.53. The predicted octanol–water partition coefficient (Wildman–Crippen LogP) is 0.843. The lowest BCUT2D eigenvalue weighted by Gasteiger charge is -2.14. The zero-order valence-corrected chi connectivity index (χ0v) is 11.1. The van der Waals surface area contributed by atoms with E-state index in [0.717, 1.165) is 6.42 Å². The summed E-state index contributed by atoms with van der Waals surface area (Å²) < 4.78 is 11.0. The highest BCUT2D eigenvalue weighted by Gasteiger charge is 2.16. The van der Waals surface area contributed by atoms with Gasteiger partial charge in [-0.15, -0.1) is 0 Å². The summed E-state index contributed by atoms with van der Waals surface area (Å²) in [7, 11) is 0. The van der Waals surface area contributed by atoms with Crippen molar-refractivity contribution in [2.24, 2.45) is 5.73 Å². The maximum Gasteiger partial charge on any atom is 0.312 e. The number of carbonyl (C=O) groups is 2. The van der Waals surface area contributed by atoms with Crippen molar-refractivity contribution in [3.63, 3.8) is 0 Å². The molecule has 0 spiro atoms. The molecule has 7 heteroatoms. The Labute approximate surface area is 116 Å². The second kappa shape index (κ2) is 6.14. The van der Waals surface area contributed by atoms with Crippen molar-refractivity contribution in [2.75, 3.05) is 18.5 Å². The lowest BCUT2D eigenvalue weighted by molar-refractivity contribution is -0.117. The summed E-state index contributed by atoms with van der Waals surface area (Å²) in [6.45, 7) is 2.73. The number of benzene rings is 1. The minimum atomic E-state index is -0.744. The molecule has 1 atom stereocenters. The maximum atomic E-state index is 11.8. The molecule has 0 saturated heterocycles. The lowest BCUT2D eigenvalue weighted by atomic mass is 10.2. The molecule has 1 aromatic carbocycles. The smallest absolute Gasteiger partial charge is 0.312 e. The molecule has 0 saturated carbocycles. The number of ether oxygens (including phenoxy) is 2. The molecule has 0 radical (unpaired) electrons. The Morgan fingerprint density at radius 1 is 1.25 bits per heavy atom. The van der Waals surface area contributed by atoms with Gasteiger partial charge in [0.2, 0.25) is 5.91 Å². The summed E-state index contributed by atoms with van der Waals surface area (Å²) in [5.74, 6) is 0.887. The molecule has 1 aliphatic heterocycles. The molecule has 3 amide bonds. The number of hydrogen-bond acceptors (Lipinski definition) is 4. The van der Waals surface area contributed by atoms with Gasteiger partial charge in [0.05, 0.1) is 13.2 Å².